The Morgan fingerprint density at radius 2 is 2.43 bits per heavy atom. The Labute approximate surface area is 82.0 Å². The summed E-state index contributed by atoms with van der Waals surface area (Å²) in [4.78, 5) is 14.5. The average molecular weight is 192 g/mol. The largest absolute Gasteiger partial charge is 0.481 e. The predicted molar refractivity (Wildman–Crippen MR) is 50.9 cm³/mol. The number of rotatable bonds is 3. The number of carboxylic acids is 1. The fraction of sp³-hybridized carbons (Fsp3) is 0.400. The minimum absolute atomic E-state index is 0.0492. The van der Waals surface area contributed by atoms with E-state index in [9.17, 15) is 4.79 Å². The third-order valence-corrected chi connectivity index (χ3v) is 2.40. The van der Waals surface area contributed by atoms with Crippen LogP contribution in [0.1, 0.15) is 23.6 Å². The van der Waals surface area contributed by atoms with Gasteiger partial charge in [-0.15, -0.1) is 0 Å². The van der Waals surface area contributed by atoms with Crippen LogP contribution in [0.25, 0.3) is 0 Å². The highest BCUT2D eigenvalue weighted by atomic mass is 16.4. The molecule has 1 saturated heterocycles. The first-order valence-corrected chi connectivity index (χ1v) is 4.65. The van der Waals surface area contributed by atoms with Gasteiger partial charge >= 0.3 is 5.97 Å². The molecule has 14 heavy (non-hydrogen) atoms. The number of aromatic nitrogens is 1. The molecule has 2 rings (SSSR count). The Kier molecular flexibility index (Phi) is 2.45. The molecule has 0 amide bonds. The van der Waals surface area contributed by atoms with Crippen LogP contribution < -0.4 is 5.32 Å². The molecule has 1 aliphatic heterocycles. The molecule has 0 spiro atoms. The van der Waals surface area contributed by atoms with Gasteiger partial charge in [0.25, 0.3) is 0 Å². The van der Waals surface area contributed by atoms with Crippen LogP contribution in [0.5, 0.6) is 0 Å². The smallest absolute Gasteiger partial charge is 0.307 e. The van der Waals surface area contributed by atoms with Gasteiger partial charge in [-0.1, -0.05) is 6.07 Å². The summed E-state index contributed by atoms with van der Waals surface area (Å²) in [6.45, 7) is 1.04. The molecule has 2 N–H and O–H groups in total. The van der Waals surface area contributed by atoms with Crippen molar-refractivity contribution in [1.29, 1.82) is 0 Å². The monoisotopic (exact) mass is 192 g/mol. The van der Waals surface area contributed by atoms with Crippen LogP contribution in [-0.4, -0.2) is 22.6 Å². The first kappa shape index (κ1) is 9.15. The third kappa shape index (κ3) is 1.90. The minimum atomic E-state index is -0.814. The predicted octanol–water partition coefficient (Wildman–Crippen LogP) is 0.743. The van der Waals surface area contributed by atoms with Gasteiger partial charge in [-0.05, 0) is 24.1 Å². The Bertz CT molecular complexity index is 348. The summed E-state index contributed by atoms with van der Waals surface area (Å²) in [6, 6.07) is 2.29. The van der Waals surface area contributed by atoms with Crippen LogP contribution in [0.3, 0.4) is 0 Å². The Morgan fingerprint density at radius 1 is 1.64 bits per heavy atom. The van der Waals surface area contributed by atoms with Gasteiger partial charge in [-0.25, -0.2) is 0 Å². The summed E-state index contributed by atoms with van der Waals surface area (Å²) >= 11 is 0. The highest BCUT2D eigenvalue weighted by Crippen LogP contribution is 2.22. The molecule has 4 heteroatoms. The van der Waals surface area contributed by atoms with E-state index in [4.69, 9.17) is 5.11 Å². The van der Waals surface area contributed by atoms with Gasteiger partial charge in [0.15, 0.2) is 0 Å². The van der Waals surface area contributed by atoms with Crippen molar-refractivity contribution in [2.75, 3.05) is 6.54 Å². The third-order valence-electron chi connectivity index (χ3n) is 2.40. The number of nitrogens with one attached hydrogen (secondary N) is 1. The molecule has 0 bridgehead atoms. The van der Waals surface area contributed by atoms with E-state index in [0.29, 0.717) is 6.04 Å². The molecule has 0 aromatic carbocycles. The molecule has 1 atom stereocenters. The van der Waals surface area contributed by atoms with Crippen molar-refractivity contribution >= 4 is 5.97 Å². The lowest BCUT2D eigenvalue weighted by Gasteiger charge is -2.27. The zero-order chi connectivity index (χ0) is 9.97. The van der Waals surface area contributed by atoms with Crippen molar-refractivity contribution in [1.82, 2.24) is 10.3 Å². The van der Waals surface area contributed by atoms with E-state index >= 15 is 0 Å². The number of carbonyl (C=O) groups is 1. The Hall–Kier alpha value is -1.42. The Morgan fingerprint density at radius 3 is 3.00 bits per heavy atom. The second kappa shape index (κ2) is 3.75. The van der Waals surface area contributed by atoms with Gasteiger partial charge < -0.3 is 10.4 Å². The molecule has 0 unspecified atom stereocenters. The lowest BCUT2D eigenvalue weighted by Crippen LogP contribution is -2.35. The molecule has 1 aliphatic rings. The van der Waals surface area contributed by atoms with Crippen LogP contribution in [0.15, 0.2) is 18.5 Å². The maximum absolute atomic E-state index is 10.5. The fourth-order valence-electron chi connectivity index (χ4n) is 1.54. The summed E-state index contributed by atoms with van der Waals surface area (Å²) < 4.78 is 0. The molecular weight excluding hydrogens is 180 g/mol. The molecule has 4 nitrogen and oxygen atoms in total. The van der Waals surface area contributed by atoms with Crippen molar-refractivity contribution in [3.63, 3.8) is 0 Å². The number of hydrogen-bond donors (Lipinski definition) is 2. The van der Waals surface area contributed by atoms with Gasteiger partial charge in [0.05, 0.1) is 6.42 Å². The zero-order valence-corrected chi connectivity index (χ0v) is 7.73. The van der Waals surface area contributed by atoms with Gasteiger partial charge in [0, 0.05) is 18.4 Å². The molecule has 2 heterocycles. The first-order chi connectivity index (χ1) is 6.75. The standard InChI is InChI=1S/C10H12N2O2/c13-10(14)4-7-3-8(6-11-5-7)9-1-2-12-9/h3,5-6,9,12H,1-2,4H2,(H,13,14)/t9-/m0/s1. The van der Waals surface area contributed by atoms with Crippen LogP contribution in [0.4, 0.5) is 0 Å². The van der Waals surface area contributed by atoms with E-state index in [1.54, 1.807) is 12.4 Å². The van der Waals surface area contributed by atoms with E-state index in [1.165, 1.54) is 0 Å². The number of nitrogens with zero attached hydrogens (tertiary/aromatic N) is 1. The maximum Gasteiger partial charge on any atom is 0.307 e. The fourth-order valence-corrected chi connectivity index (χ4v) is 1.54. The summed E-state index contributed by atoms with van der Waals surface area (Å²) in [5.74, 6) is -0.814. The highest BCUT2D eigenvalue weighted by molar-refractivity contribution is 5.70. The second-order valence-electron chi connectivity index (χ2n) is 3.49. The lowest BCUT2D eigenvalue weighted by molar-refractivity contribution is -0.136. The SMILES string of the molecule is O=C(O)Cc1cncc([C@@H]2CCN2)c1. The number of aliphatic carboxylic acids is 1. The summed E-state index contributed by atoms with van der Waals surface area (Å²) in [5, 5.41) is 11.9. The van der Waals surface area contributed by atoms with Crippen LogP contribution >= 0.6 is 0 Å². The summed E-state index contributed by atoms with van der Waals surface area (Å²) in [7, 11) is 0. The van der Waals surface area contributed by atoms with Crippen LogP contribution in [0.2, 0.25) is 0 Å². The van der Waals surface area contributed by atoms with Crippen molar-refractivity contribution < 1.29 is 9.90 Å². The normalized spacial score (nSPS) is 20.1. The van der Waals surface area contributed by atoms with Gasteiger partial charge in [-0.3, -0.25) is 9.78 Å². The highest BCUT2D eigenvalue weighted by Gasteiger charge is 2.18. The van der Waals surface area contributed by atoms with Gasteiger partial charge in [-0.2, -0.15) is 0 Å². The van der Waals surface area contributed by atoms with Crippen molar-refractivity contribution in [3.8, 4) is 0 Å². The second-order valence-corrected chi connectivity index (χ2v) is 3.49. The van der Waals surface area contributed by atoms with Crippen LogP contribution in [-0.2, 0) is 11.2 Å². The lowest BCUT2D eigenvalue weighted by atomic mass is 9.98. The van der Waals surface area contributed by atoms with Crippen molar-refractivity contribution in [2.45, 2.75) is 18.9 Å². The number of carboxylic acid groups (broad SMARTS) is 1. The maximum atomic E-state index is 10.5. The van der Waals surface area contributed by atoms with Gasteiger partial charge in [0.1, 0.15) is 0 Å². The van der Waals surface area contributed by atoms with E-state index in [2.05, 4.69) is 10.3 Å². The quantitative estimate of drug-likeness (QED) is 0.741. The molecule has 1 aromatic rings. The summed E-state index contributed by atoms with van der Waals surface area (Å²) in [5.41, 5.74) is 1.86. The van der Waals surface area contributed by atoms with Crippen molar-refractivity contribution in [3.05, 3.63) is 29.6 Å². The molecule has 0 aliphatic carbocycles. The average Bonchev–Trinajstić information content (AvgIpc) is 1.99. The molecule has 1 fully saturated rings. The van der Waals surface area contributed by atoms with E-state index in [1.807, 2.05) is 6.07 Å². The van der Waals surface area contributed by atoms with E-state index in [0.717, 1.165) is 24.1 Å². The molecule has 1 aromatic heterocycles. The topological polar surface area (TPSA) is 62.2 Å². The van der Waals surface area contributed by atoms with Gasteiger partial charge in [0.2, 0.25) is 0 Å². The summed E-state index contributed by atoms with van der Waals surface area (Å²) in [6.07, 6.45) is 4.56. The molecule has 0 radical (unpaired) electrons. The molecular formula is C10H12N2O2. The van der Waals surface area contributed by atoms with E-state index < -0.39 is 5.97 Å². The van der Waals surface area contributed by atoms with Crippen molar-refractivity contribution in [2.24, 2.45) is 0 Å². The van der Waals surface area contributed by atoms with Crippen LogP contribution in [0, 0.1) is 0 Å². The molecule has 0 saturated carbocycles. The number of pyridine rings is 1. The minimum Gasteiger partial charge on any atom is -0.481 e. The Balaban J connectivity index is 2.13. The van der Waals surface area contributed by atoms with E-state index in [-0.39, 0.29) is 6.42 Å². The first-order valence-electron chi connectivity index (χ1n) is 4.65. The number of hydrogen-bond acceptors (Lipinski definition) is 3. The zero-order valence-electron chi connectivity index (χ0n) is 7.73. The molecule has 74 valence electrons.